The third-order valence-electron chi connectivity index (χ3n) is 4.22. The molecule has 1 aliphatic rings. The molecule has 2 unspecified atom stereocenters. The summed E-state index contributed by atoms with van der Waals surface area (Å²) < 4.78 is 42.4. The van der Waals surface area contributed by atoms with E-state index < -0.39 is 46.1 Å². The summed E-state index contributed by atoms with van der Waals surface area (Å²) >= 11 is 0. The quantitative estimate of drug-likeness (QED) is 0.242. The molecular formula is C20H23NO10S. The molecule has 12 heteroatoms. The minimum absolute atomic E-state index is 0.0162. The monoisotopic (exact) mass is 469 g/mol. The average molecular weight is 469 g/mol. The van der Waals surface area contributed by atoms with Crippen molar-refractivity contribution in [2.75, 3.05) is 19.9 Å². The van der Waals surface area contributed by atoms with Crippen LogP contribution in [0.1, 0.15) is 25.8 Å². The van der Waals surface area contributed by atoms with Crippen molar-refractivity contribution in [2.24, 2.45) is 0 Å². The first-order valence-electron chi connectivity index (χ1n) is 9.35. The first-order chi connectivity index (χ1) is 14.9. The third-order valence-corrected chi connectivity index (χ3v) is 4.85. The van der Waals surface area contributed by atoms with Gasteiger partial charge in [-0.2, -0.15) is 8.42 Å². The molecule has 1 fully saturated rings. The lowest BCUT2D eigenvalue weighted by Gasteiger charge is -2.20. The van der Waals surface area contributed by atoms with Gasteiger partial charge in [0.15, 0.2) is 11.5 Å². The number of carbonyl (C=O) groups excluding carboxylic acids is 4. The van der Waals surface area contributed by atoms with Crippen molar-refractivity contribution in [1.82, 2.24) is 4.90 Å². The Morgan fingerprint density at radius 1 is 1.06 bits per heavy atom. The van der Waals surface area contributed by atoms with Gasteiger partial charge < -0.3 is 19.1 Å². The van der Waals surface area contributed by atoms with Crippen LogP contribution in [-0.2, 0) is 38.2 Å². The van der Waals surface area contributed by atoms with Crippen LogP contribution in [0, 0.1) is 0 Å². The van der Waals surface area contributed by atoms with Crippen molar-refractivity contribution in [2.45, 2.75) is 32.4 Å². The molecule has 1 heterocycles. The van der Waals surface area contributed by atoms with E-state index in [1.54, 1.807) is 0 Å². The van der Waals surface area contributed by atoms with E-state index in [1.165, 1.54) is 38.1 Å². The number of esters is 3. The molecule has 1 aliphatic heterocycles. The summed E-state index contributed by atoms with van der Waals surface area (Å²) in [6.45, 7) is 2.25. The molecule has 0 aromatic heterocycles. The van der Waals surface area contributed by atoms with Gasteiger partial charge in [-0.05, 0) is 23.8 Å². The molecule has 174 valence electrons. The fourth-order valence-corrected chi connectivity index (χ4v) is 3.72. The topological polar surface area (TPSA) is 143 Å². The van der Waals surface area contributed by atoms with E-state index in [9.17, 15) is 27.6 Å². The molecule has 0 spiro atoms. The highest BCUT2D eigenvalue weighted by molar-refractivity contribution is 7.86. The highest BCUT2D eigenvalue weighted by Gasteiger charge is 2.41. The molecule has 1 amide bonds. The number of hydrogen-bond donors (Lipinski definition) is 0. The Balaban J connectivity index is 2.23. The van der Waals surface area contributed by atoms with Crippen LogP contribution in [0.25, 0.3) is 6.08 Å². The second kappa shape index (κ2) is 10.4. The molecule has 0 aliphatic carbocycles. The number of benzene rings is 1. The number of ether oxygens (including phenoxy) is 3. The maximum absolute atomic E-state index is 12.7. The summed E-state index contributed by atoms with van der Waals surface area (Å²) in [7, 11) is -2.62. The summed E-state index contributed by atoms with van der Waals surface area (Å²) in [5, 5.41) is 0. The number of carbonyl (C=O) groups is 4. The highest BCUT2D eigenvalue weighted by atomic mass is 32.2. The SMILES string of the molecule is COC(=O)C1CC(OS(C)(=O)=O)CN1C(=O)/C=C/c1ccc(OC(C)=O)c(OC(C)=O)c1. The van der Waals surface area contributed by atoms with Crippen LogP contribution >= 0.6 is 0 Å². The molecule has 1 saturated heterocycles. The van der Waals surface area contributed by atoms with E-state index in [0.717, 1.165) is 24.3 Å². The number of methoxy groups -OCH3 is 1. The van der Waals surface area contributed by atoms with E-state index in [-0.39, 0.29) is 24.5 Å². The van der Waals surface area contributed by atoms with Gasteiger partial charge in [0, 0.05) is 32.9 Å². The van der Waals surface area contributed by atoms with Crippen LogP contribution in [0.5, 0.6) is 11.5 Å². The molecule has 1 aromatic carbocycles. The zero-order valence-corrected chi connectivity index (χ0v) is 18.7. The van der Waals surface area contributed by atoms with Crippen LogP contribution in [0.15, 0.2) is 24.3 Å². The summed E-state index contributed by atoms with van der Waals surface area (Å²) in [4.78, 5) is 48.4. The van der Waals surface area contributed by atoms with Crippen LogP contribution in [0.2, 0.25) is 0 Å². The minimum atomic E-state index is -3.78. The molecule has 0 saturated carbocycles. The Bertz CT molecular complexity index is 1050. The van der Waals surface area contributed by atoms with Crippen molar-refractivity contribution in [3.63, 3.8) is 0 Å². The lowest BCUT2D eigenvalue weighted by atomic mass is 10.1. The maximum Gasteiger partial charge on any atom is 0.328 e. The molecule has 0 radical (unpaired) electrons. The maximum atomic E-state index is 12.7. The smallest absolute Gasteiger partial charge is 0.328 e. The van der Waals surface area contributed by atoms with E-state index in [1.807, 2.05) is 0 Å². The normalized spacial score (nSPS) is 18.4. The number of nitrogens with zero attached hydrogens (tertiary/aromatic N) is 1. The Morgan fingerprint density at radius 2 is 1.69 bits per heavy atom. The number of amides is 1. The van der Waals surface area contributed by atoms with E-state index in [2.05, 4.69) is 0 Å². The van der Waals surface area contributed by atoms with Crippen molar-refractivity contribution < 1.29 is 46.0 Å². The van der Waals surface area contributed by atoms with Gasteiger partial charge in [0.1, 0.15) is 6.04 Å². The van der Waals surface area contributed by atoms with E-state index in [0.29, 0.717) is 5.56 Å². The zero-order valence-electron chi connectivity index (χ0n) is 17.9. The summed E-state index contributed by atoms with van der Waals surface area (Å²) in [6.07, 6.45) is 2.52. The van der Waals surface area contributed by atoms with Gasteiger partial charge in [-0.15, -0.1) is 0 Å². The van der Waals surface area contributed by atoms with Crippen LogP contribution < -0.4 is 9.47 Å². The molecule has 32 heavy (non-hydrogen) atoms. The van der Waals surface area contributed by atoms with Gasteiger partial charge >= 0.3 is 17.9 Å². The summed E-state index contributed by atoms with van der Waals surface area (Å²) in [6, 6.07) is 3.30. The second-order valence-electron chi connectivity index (χ2n) is 6.91. The van der Waals surface area contributed by atoms with Gasteiger partial charge in [0.05, 0.1) is 19.5 Å². The average Bonchev–Trinajstić information content (AvgIpc) is 3.08. The van der Waals surface area contributed by atoms with Crippen LogP contribution in [0.4, 0.5) is 0 Å². The van der Waals surface area contributed by atoms with Crippen LogP contribution in [0.3, 0.4) is 0 Å². The fraction of sp³-hybridized carbons (Fsp3) is 0.400. The number of rotatable bonds is 7. The number of likely N-dealkylation sites (tertiary alicyclic amines) is 1. The summed E-state index contributed by atoms with van der Waals surface area (Å²) in [5.74, 6) is -2.51. The fourth-order valence-electron chi connectivity index (χ4n) is 3.08. The Hall–Kier alpha value is -3.25. The Kier molecular flexibility index (Phi) is 8.11. The van der Waals surface area contributed by atoms with Gasteiger partial charge in [-0.1, -0.05) is 6.07 Å². The molecule has 0 bridgehead atoms. The van der Waals surface area contributed by atoms with Gasteiger partial charge in [0.25, 0.3) is 10.1 Å². The van der Waals surface area contributed by atoms with Gasteiger partial charge in [-0.25, -0.2) is 4.79 Å². The van der Waals surface area contributed by atoms with Crippen molar-refractivity contribution in [1.29, 1.82) is 0 Å². The zero-order chi connectivity index (χ0) is 24.1. The lowest BCUT2D eigenvalue weighted by molar-refractivity contribution is -0.149. The van der Waals surface area contributed by atoms with Gasteiger partial charge in [0.2, 0.25) is 5.91 Å². The van der Waals surface area contributed by atoms with Crippen molar-refractivity contribution >= 4 is 40.0 Å². The first kappa shape index (κ1) is 25.0. The third kappa shape index (κ3) is 7.17. The molecule has 11 nitrogen and oxygen atoms in total. The molecule has 2 rings (SSSR count). The largest absolute Gasteiger partial charge is 0.467 e. The number of hydrogen-bond acceptors (Lipinski definition) is 10. The molecular weight excluding hydrogens is 446 g/mol. The predicted octanol–water partition coefficient (Wildman–Crippen LogP) is 0.669. The second-order valence-corrected chi connectivity index (χ2v) is 8.52. The highest BCUT2D eigenvalue weighted by Crippen LogP contribution is 2.30. The molecule has 1 aromatic rings. The Morgan fingerprint density at radius 3 is 2.25 bits per heavy atom. The van der Waals surface area contributed by atoms with E-state index in [4.69, 9.17) is 18.4 Å². The first-order valence-corrected chi connectivity index (χ1v) is 11.2. The standard InChI is InChI=1S/C20H23NO10S/c1-12(22)29-17-7-5-14(9-18(17)30-13(2)23)6-8-19(24)21-11-15(31-32(4,26)27)10-16(21)20(25)28-3/h5-9,15-16H,10-11H2,1-4H3/b8-6+. The summed E-state index contributed by atoms with van der Waals surface area (Å²) in [5.41, 5.74) is 0.434. The lowest BCUT2D eigenvalue weighted by Crippen LogP contribution is -2.40. The van der Waals surface area contributed by atoms with Crippen molar-refractivity contribution in [3.8, 4) is 11.5 Å². The Labute approximate surface area is 185 Å². The molecule has 2 atom stereocenters. The minimum Gasteiger partial charge on any atom is -0.467 e. The van der Waals surface area contributed by atoms with E-state index >= 15 is 0 Å². The van der Waals surface area contributed by atoms with Crippen molar-refractivity contribution in [3.05, 3.63) is 29.8 Å². The molecule has 0 N–H and O–H groups in total. The van der Waals surface area contributed by atoms with Crippen LogP contribution in [-0.4, -0.2) is 69.2 Å². The predicted molar refractivity (Wildman–Crippen MR) is 110 cm³/mol. The van der Waals surface area contributed by atoms with Gasteiger partial charge in [-0.3, -0.25) is 18.6 Å².